The van der Waals surface area contributed by atoms with Crippen molar-refractivity contribution < 1.29 is 17.9 Å². The second-order valence-corrected chi connectivity index (χ2v) is 6.77. The third-order valence-electron chi connectivity index (χ3n) is 2.87. The highest BCUT2D eigenvalue weighted by Gasteiger charge is 2.17. The van der Waals surface area contributed by atoms with Gasteiger partial charge in [-0.3, -0.25) is 4.79 Å². The molecule has 0 saturated carbocycles. The van der Waals surface area contributed by atoms with Crippen molar-refractivity contribution in [3.8, 4) is 0 Å². The number of carbonyl (C=O) groups excluding carboxylic acids is 1. The van der Waals surface area contributed by atoms with E-state index in [1.165, 1.54) is 24.3 Å². The van der Waals surface area contributed by atoms with Crippen LogP contribution in [0.15, 0.2) is 29.2 Å². The minimum absolute atomic E-state index is 0.00801. The Kier molecular flexibility index (Phi) is 6.32. The molecule has 7 heteroatoms. The third kappa shape index (κ3) is 5.45. The van der Waals surface area contributed by atoms with E-state index in [0.29, 0.717) is 31.2 Å². The Labute approximate surface area is 125 Å². The molecule has 0 radical (unpaired) electrons. The van der Waals surface area contributed by atoms with Gasteiger partial charge in [0.25, 0.3) is 5.91 Å². The van der Waals surface area contributed by atoms with Crippen LogP contribution < -0.4 is 5.14 Å². The van der Waals surface area contributed by atoms with E-state index < -0.39 is 10.0 Å². The van der Waals surface area contributed by atoms with Crippen molar-refractivity contribution in [2.24, 2.45) is 11.1 Å². The van der Waals surface area contributed by atoms with Crippen LogP contribution in [-0.4, -0.2) is 46.0 Å². The second kappa shape index (κ2) is 7.53. The Bertz CT molecular complexity index is 567. The molecule has 0 aliphatic heterocycles. The molecule has 0 unspecified atom stereocenters. The number of rotatable bonds is 7. The fraction of sp³-hybridized carbons (Fsp3) is 0.500. The lowest BCUT2D eigenvalue weighted by Gasteiger charge is -2.24. The Hall–Kier alpha value is -1.44. The van der Waals surface area contributed by atoms with Gasteiger partial charge in [0.1, 0.15) is 0 Å². The van der Waals surface area contributed by atoms with Crippen molar-refractivity contribution in [3.05, 3.63) is 29.8 Å². The summed E-state index contributed by atoms with van der Waals surface area (Å²) < 4.78 is 27.4. The lowest BCUT2D eigenvalue weighted by molar-refractivity contribution is 0.0672. The first-order valence-corrected chi connectivity index (χ1v) is 8.21. The van der Waals surface area contributed by atoms with Gasteiger partial charge in [-0.1, -0.05) is 13.8 Å². The van der Waals surface area contributed by atoms with Gasteiger partial charge in [0.2, 0.25) is 10.0 Å². The summed E-state index contributed by atoms with van der Waals surface area (Å²) in [6.07, 6.45) is 0. The number of primary sulfonamides is 1. The normalized spacial score (nSPS) is 11.7. The number of nitrogens with zero attached hydrogens (tertiary/aromatic N) is 1. The molecule has 118 valence electrons. The Morgan fingerprint density at radius 2 is 1.86 bits per heavy atom. The van der Waals surface area contributed by atoms with Crippen LogP contribution in [0.1, 0.15) is 24.2 Å². The van der Waals surface area contributed by atoms with Gasteiger partial charge in [-0.05, 0) is 30.2 Å². The van der Waals surface area contributed by atoms with Crippen molar-refractivity contribution in [3.63, 3.8) is 0 Å². The van der Waals surface area contributed by atoms with E-state index >= 15 is 0 Å². The average molecular weight is 314 g/mol. The van der Waals surface area contributed by atoms with E-state index in [-0.39, 0.29) is 10.8 Å². The predicted molar refractivity (Wildman–Crippen MR) is 80.4 cm³/mol. The van der Waals surface area contributed by atoms with E-state index in [0.717, 1.165) is 0 Å². The quantitative estimate of drug-likeness (QED) is 0.815. The van der Waals surface area contributed by atoms with Gasteiger partial charge >= 0.3 is 0 Å². The number of ether oxygens (including phenoxy) is 1. The van der Waals surface area contributed by atoms with Gasteiger partial charge in [0.05, 0.1) is 11.5 Å². The summed E-state index contributed by atoms with van der Waals surface area (Å²) in [5.74, 6) is 0.177. The van der Waals surface area contributed by atoms with Crippen molar-refractivity contribution in [1.29, 1.82) is 0 Å². The number of amides is 1. The van der Waals surface area contributed by atoms with Crippen molar-refractivity contribution in [2.45, 2.75) is 18.7 Å². The highest BCUT2D eigenvalue weighted by molar-refractivity contribution is 7.89. The van der Waals surface area contributed by atoms with E-state index in [1.807, 2.05) is 13.8 Å². The fourth-order valence-electron chi connectivity index (χ4n) is 1.89. The molecular formula is C14H22N2O4S. The van der Waals surface area contributed by atoms with E-state index in [4.69, 9.17) is 9.88 Å². The maximum atomic E-state index is 12.4. The predicted octanol–water partition coefficient (Wildman–Crippen LogP) is 1.08. The lowest BCUT2D eigenvalue weighted by atomic mass is 10.1. The lowest BCUT2D eigenvalue weighted by Crippen LogP contribution is -2.36. The first-order chi connectivity index (χ1) is 9.75. The molecule has 0 fully saturated rings. The van der Waals surface area contributed by atoms with Crippen molar-refractivity contribution in [2.75, 3.05) is 26.8 Å². The van der Waals surface area contributed by atoms with Crippen LogP contribution >= 0.6 is 0 Å². The molecule has 0 spiro atoms. The molecule has 6 nitrogen and oxygen atoms in total. The summed E-state index contributed by atoms with van der Waals surface area (Å²) in [5, 5.41) is 5.03. The first kappa shape index (κ1) is 17.6. The Morgan fingerprint density at radius 1 is 1.29 bits per heavy atom. The number of hydrogen-bond acceptors (Lipinski definition) is 4. The number of methoxy groups -OCH3 is 1. The zero-order chi connectivity index (χ0) is 16.0. The van der Waals surface area contributed by atoms with Crippen LogP contribution in [0.3, 0.4) is 0 Å². The highest BCUT2D eigenvalue weighted by atomic mass is 32.2. The molecule has 0 saturated heterocycles. The fourth-order valence-corrected chi connectivity index (χ4v) is 2.40. The smallest absolute Gasteiger partial charge is 0.253 e. The van der Waals surface area contributed by atoms with Gasteiger partial charge < -0.3 is 9.64 Å². The Morgan fingerprint density at radius 3 is 2.29 bits per heavy atom. The van der Waals surface area contributed by atoms with Gasteiger partial charge in [0, 0.05) is 25.8 Å². The number of benzene rings is 1. The monoisotopic (exact) mass is 314 g/mol. The van der Waals surface area contributed by atoms with Gasteiger partial charge in [-0.25, -0.2) is 13.6 Å². The van der Waals surface area contributed by atoms with Gasteiger partial charge in [0.15, 0.2) is 0 Å². The Balaban J connectivity index is 2.92. The minimum atomic E-state index is -3.74. The molecule has 21 heavy (non-hydrogen) atoms. The van der Waals surface area contributed by atoms with E-state index in [2.05, 4.69) is 0 Å². The molecule has 1 aromatic carbocycles. The molecule has 0 bridgehead atoms. The van der Waals surface area contributed by atoms with Crippen LogP contribution in [0.4, 0.5) is 0 Å². The molecule has 0 aliphatic carbocycles. The summed E-state index contributed by atoms with van der Waals surface area (Å²) in [6, 6.07) is 5.63. The molecule has 0 aromatic heterocycles. The summed E-state index contributed by atoms with van der Waals surface area (Å²) >= 11 is 0. The summed E-state index contributed by atoms with van der Waals surface area (Å²) in [4.78, 5) is 14.1. The molecule has 0 heterocycles. The minimum Gasteiger partial charge on any atom is -0.383 e. The largest absolute Gasteiger partial charge is 0.383 e. The van der Waals surface area contributed by atoms with Crippen LogP contribution in [-0.2, 0) is 14.8 Å². The van der Waals surface area contributed by atoms with Gasteiger partial charge in [-0.15, -0.1) is 0 Å². The molecule has 1 aromatic rings. The number of nitrogens with two attached hydrogens (primary N) is 1. The number of carbonyl (C=O) groups is 1. The topological polar surface area (TPSA) is 89.7 Å². The van der Waals surface area contributed by atoms with Crippen molar-refractivity contribution in [1.82, 2.24) is 4.90 Å². The first-order valence-electron chi connectivity index (χ1n) is 6.66. The zero-order valence-corrected chi connectivity index (χ0v) is 13.4. The molecule has 0 atom stereocenters. The molecule has 2 N–H and O–H groups in total. The summed E-state index contributed by atoms with van der Waals surface area (Å²) in [6.45, 7) is 5.60. The summed E-state index contributed by atoms with van der Waals surface area (Å²) in [5.41, 5.74) is 0.430. The highest BCUT2D eigenvalue weighted by Crippen LogP contribution is 2.12. The molecule has 1 rings (SSSR count). The van der Waals surface area contributed by atoms with Crippen LogP contribution in [0, 0.1) is 5.92 Å². The molecule has 0 aliphatic rings. The van der Waals surface area contributed by atoms with Crippen LogP contribution in [0.25, 0.3) is 0 Å². The van der Waals surface area contributed by atoms with E-state index in [1.54, 1.807) is 12.0 Å². The SMILES string of the molecule is COCCN(CC(C)C)C(=O)c1ccc(S(N)(=O)=O)cc1. The zero-order valence-electron chi connectivity index (χ0n) is 12.6. The second-order valence-electron chi connectivity index (χ2n) is 5.21. The van der Waals surface area contributed by atoms with Crippen molar-refractivity contribution >= 4 is 15.9 Å². The van der Waals surface area contributed by atoms with Crippen LogP contribution in [0.5, 0.6) is 0 Å². The molecular weight excluding hydrogens is 292 g/mol. The maximum absolute atomic E-state index is 12.4. The van der Waals surface area contributed by atoms with Gasteiger partial charge in [-0.2, -0.15) is 0 Å². The standard InChI is InChI=1S/C14H22N2O4S/c1-11(2)10-16(8-9-20-3)14(17)12-4-6-13(7-5-12)21(15,18)19/h4-7,11H,8-10H2,1-3H3,(H2,15,18,19). The third-order valence-corrected chi connectivity index (χ3v) is 3.80. The number of hydrogen-bond donors (Lipinski definition) is 1. The van der Waals surface area contributed by atoms with E-state index in [9.17, 15) is 13.2 Å². The van der Waals surface area contributed by atoms with Crippen LogP contribution in [0.2, 0.25) is 0 Å². The summed E-state index contributed by atoms with van der Waals surface area (Å²) in [7, 11) is -2.16. The number of sulfonamides is 1. The maximum Gasteiger partial charge on any atom is 0.253 e. The molecule has 1 amide bonds. The average Bonchev–Trinajstić information content (AvgIpc) is 2.41.